The summed E-state index contributed by atoms with van der Waals surface area (Å²) in [6.07, 6.45) is 49.1. The molecule has 12 heteroatoms. The Morgan fingerprint density at radius 2 is 0.348 bits per heavy atom. The molecule has 8 nitrogen and oxygen atoms in total. The van der Waals surface area contributed by atoms with E-state index in [0.29, 0.717) is 52.9 Å². The third kappa shape index (κ3) is 19.7. The number of halogens is 4. The van der Waals surface area contributed by atoms with Crippen LogP contribution in [0.2, 0.25) is 0 Å². The molecule has 4 aromatic carbocycles. The number of hydrogen-bond acceptors (Lipinski definition) is 8. The van der Waals surface area contributed by atoms with Crippen LogP contribution in [0.1, 0.15) is 353 Å². The molecule has 0 radical (unpaired) electrons. The second-order valence-electron chi connectivity index (χ2n) is 27.6. The van der Waals surface area contributed by atoms with Gasteiger partial charge in [0.25, 0.3) is 0 Å². The number of benzene rings is 4. The largest absolute Gasteiger partial charge is 0.488 e. The molecule has 0 amide bonds. The van der Waals surface area contributed by atoms with E-state index in [2.05, 4.69) is 116 Å². The summed E-state index contributed by atoms with van der Waals surface area (Å²) in [6, 6.07) is 10.2. The van der Waals surface area contributed by atoms with Crippen molar-refractivity contribution in [2.75, 3.05) is 52.9 Å². The van der Waals surface area contributed by atoms with Crippen LogP contribution in [0, 0.1) is 0 Å². The lowest BCUT2D eigenvalue weighted by Gasteiger charge is -2.32. The Bertz CT molecular complexity index is 2360. The molecule has 4 aromatic rings. The molecule has 4 aliphatic heterocycles. The minimum Gasteiger partial charge on any atom is -0.488 e. The van der Waals surface area contributed by atoms with Gasteiger partial charge < -0.3 is 37.9 Å². The van der Waals surface area contributed by atoms with Gasteiger partial charge in [0, 0.05) is 68.2 Å². The van der Waals surface area contributed by atoms with Crippen LogP contribution < -0.4 is 37.9 Å². The van der Waals surface area contributed by atoms with Gasteiger partial charge in [-0.1, -0.05) is 259 Å². The average Bonchev–Trinajstić information content (AvgIpc) is 1.18. The molecular weight excluding hydrogens is 1410 g/mol. The topological polar surface area (TPSA) is 73.8 Å². The number of rotatable bonds is 40. The molecule has 0 N–H and O–H groups in total. The molecule has 0 saturated heterocycles. The maximum atomic E-state index is 7.16. The molecular formula is C80H116Br4O8. The molecule has 92 heavy (non-hydrogen) atoms. The number of ether oxygens (including phenoxy) is 8. The quantitative estimate of drug-likeness (QED) is 0.0408. The third-order valence-electron chi connectivity index (χ3n) is 20.6. The van der Waals surface area contributed by atoms with E-state index in [-0.39, 0.29) is 23.7 Å². The van der Waals surface area contributed by atoms with Crippen molar-refractivity contribution in [3.05, 3.63) is 86.7 Å². The second-order valence-corrected chi connectivity index (χ2v) is 30.7. The summed E-state index contributed by atoms with van der Waals surface area (Å²) < 4.78 is 60.8. The maximum Gasteiger partial charge on any atom is 0.141 e. The van der Waals surface area contributed by atoms with E-state index < -0.39 is 0 Å². The van der Waals surface area contributed by atoms with Gasteiger partial charge in [0.2, 0.25) is 0 Å². The van der Waals surface area contributed by atoms with Crippen molar-refractivity contribution in [2.24, 2.45) is 0 Å². The predicted molar refractivity (Wildman–Crippen MR) is 395 cm³/mol. The van der Waals surface area contributed by atoms with Crippen LogP contribution >= 0.6 is 63.7 Å². The Morgan fingerprint density at radius 3 is 0.489 bits per heavy atom. The first-order valence-electron chi connectivity index (χ1n) is 37.8. The molecule has 0 saturated carbocycles. The van der Waals surface area contributed by atoms with E-state index in [0.717, 1.165) is 115 Å². The first-order valence-corrected chi connectivity index (χ1v) is 41.0. The Morgan fingerprint density at radius 1 is 0.217 bits per heavy atom. The normalized spacial score (nSPS) is 17.9. The van der Waals surface area contributed by atoms with Gasteiger partial charge >= 0.3 is 0 Å². The summed E-state index contributed by atoms with van der Waals surface area (Å²) in [5.74, 6) is 6.52. The number of unbranched alkanes of at least 4 members (excludes halogenated alkanes) is 32. The van der Waals surface area contributed by atoms with Crippen LogP contribution in [0.3, 0.4) is 0 Å². The molecule has 5 aliphatic rings. The minimum absolute atomic E-state index is 0.0850. The van der Waals surface area contributed by atoms with Gasteiger partial charge in [-0.3, -0.25) is 0 Å². The second kappa shape index (κ2) is 40.2. The summed E-state index contributed by atoms with van der Waals surface area (Å²) in [5.41, 5.74) is 9.49. The van der Waals surface area contributed by atoms with Crippen LogP contribution in [0.15, 0.2) is 42.2 Å². The van der Waals surface area contributed by atoms with Crippen LogP contribution in [0.4, 0.5) is 0 Å². The van der Waals surface area contributed by atoms with Gasteiger partial charge in [0.05, 0.1) is 0 Å². The van der Waals surface area contributed by atoms with E-state index in [4.69, 9.17) is 37.9 Å². The van der Waals surface area contributed by atoms with E-state index in [1.165, 1.54) is 250 Å². The van der Waals surface area contributed by atoms with Crippen LogP contribution in [0.5, 0.6) is 46.0 Å². The van der Waals surface area contributed by atoms with Crippen molar-refractivity contribution in [1.29, 1.82) is 0 Å². The summed E-state index contributed by atoms with van der Waals surface area (Å²) in [4.78, 5) is 0. The fraction of sp³-hybridized carbons (Fsp3) is 0.700. The van der Waals surface area contributed by atoms with E-state index in [1.54, 1.807) is 0 Å². The molecule has 0 spiro atoms. The van der Waals surface area contributed by atoms with Crippen LogP contribution in [0.25, 0.3) is 0 Å². The van der Waals surface area contributed by atoms with Gasteiger partial charge in [-0.25, -0.2) is 0 Å². The zero-order valence-electron chi connectivity index (χ0n) is 57.3. The van der Waals surface area contributed by atoms with Crippen molar-refractivity contribution < 1.29 is 37.9 Å². The minimum atomic E-state index is -0.0850. The maximum absolute atomic E-state index is 7.16. The molecule has 4 heterocycles. The predicted octanol–water partition coefficient (Wildman–Crippen LogP) is 26.3. The third-order valence-corrected chi connectivity index (χ3v) is 23.5. The summed E-state index contributed by atoms with van der Waals surface area (Å²) in [7, 11) is 0. The lowest BCUT2D eigenvalue weighted by molar-refractivity contribution is 0.201. The summed E-state index contributed by atoms with van der Waals surface area (Å²) in [5, 5.41) is 0. The number of hydrogen-bond donors (Lipinski definition) is 0. The molecule has 512 valence electrons. The Kier molecular flexibility index (Phi) is 32.1. The Hall–Kier alpha value is -2.80. The van der Waals surface area contributed by atoms with Gasteiger partial charge in [-0.15, -0.1) is 0 Å². The molecule has 0 unspecified atom stereocenters. The fourth-order valence-corrected chi connectivity index (χ4v) is 18.3. The fourth-order valence-electron chi connectivity index (χ4n) is 15.6. The monoisotopic (exact) mass is 1520 g/mol. The SMILES string of the molecule is CCCCCCCCCCCC1c2cc3c4c(Br)c2OCCOc2c1cc1c(c2Br)OCCOc2c(cc5c(c2Br)OCCOc2c(cc(c(c2Br)OCCO4)C3CCCCCCCCCCC)C5CCCCCCCCCCC)C1CCCCCCCCCCC. The van der Waals surface area contributed by atoms with Crippen molar-refractivity contribution in [3.63, 3.8) is 0 Å². The van der Waals surface area contributed by atoms with Crippen molar-refractivity contribution in [3.8, 4) is 46.0 Å². The highest BCUT2D eigenvalue weighted by molar-refractivity contribution is 9.11. The molecule has 1 aliphatic carbocycles. The van der Waals surface area contributed by atoms with E-state index >= 15 is 0 Å². The smallest absolute Gasteiger partial charge is 0.141 e. The lowest BCUT2D eigenvalue weighted by atomic mass is 9.76. The Balaban J connectivity index is 1.28. The van der Waals surface area contributed by atoms with E-state index in [9.17, 15) is 0 Å². The summed E-state index contributed by atoms with van der Waals surface area (Å²) in [6.45, 7) is 12.2. The standard InChI is InChI=1S/C80H116Br4O8/c1-5-9-13-17-21-25-29-33-37-41-57-61-53-63-58(42-38-34-30-26-22-18-14-10-6-2)65-55-67-60(44-40-36-32-28-24-20-16-12-8-4)68-56-66-59(43-39-35-31-27-23-19-15-11-7-3)64-54-62(57)74-70(82)76(64)88-48-50-90-78(66)72(84)80(68)92-52-51-91-79(67)71(83)77(65)89-49-47-87-75(63)69(81)73(61)85-45-46-86-74/h53-60H,5-52H2,1-4H3. The highest BCUT2D eigenvalue weighted by Gasteiger charge is 2.40. The van der Waals surface area contributed by atoms with E-state index in [1.807, 2.05) is 0 Å². The zero-order chi connectivity index (χ0) is 64.3. The molecule has 0 fully saturated rings. The molecule has 9 rings (SSSR count). The van der Waals surface area contributed by atoms with Crippen molar-refractivity contribution >= 4 is 63.7 Å². The molecule has 8 bridgehead atoms. The van der Waals surface area contributed by atoms with Gasteiger partial charge in [-0.2, -0.15) is 0 Å². The van der Waals surface area contributed by atoms with Crippen LogP contribution in [-0.2, 0) is 0 Å². The van der Waals surface area contributed by atoms with Gasteiger partial charge in [0.1, 0.15) is 117 Å². The zero-order valence-corrected chi connectivity index (χ0v) is 63.7. The molecule has 0 atom stereocenters. The average molecular weight is 1530 g/mol. The highest BCUT2D eigenvalue weighted by Crippen LogP contribution is 2.60. The first kappa shape index (κ1) is 73.4. The molecule has 0 aromatic heterocycles. The van der Waals surface area contributed by atoms with Gasteiger partial charge in [-0.05, 0) is 114 Å². The Labute approximate surface area is 590 Å². The summed E-state index contributed by atoms with van der Waals surface area (Å²) >= 11 is 17.4. The van der Waals surface area contributed by atoms with Crippen molar-refractivity contribution in [1.82, 2.24) is 0 Å². The van der Waals surface area contributed by atoms with Crippen LogP contribution in [-0.4, -0.2) is 52.9 Å². The highest BCUT2D eigenvalue weighted by atomic mass is 79.9. The first-order chi connectivity index (χ1) is 45.3. The lowest BCUT2D eigenvalue weighted by Crippen LogP contribution is -2.14. The van der Waals surface area contributed by atoms with Crippen molar-refractivity contribution in [2.45, 2.75) is 308 Å². The van der Waals surface area contributed by atoms with Gasteiger partial charge in [0.15, 0.2) is 0 Å².